The second-order valence-electron chi connectivity index (χ2n) is 7.08. The van der Waals surface area contributed by atoms with Crippen LogP contribution < -0.4 is 19.5 Å². The lowest BCUT2D eigenvalue weighted by atomic mass is 10.2. The fraction of sp³-hybridized carbons (Fsp3) is 0.348. The summed E-state index contributed by atoms with van der Waals surface area (Å²) in [5.74, 6) is 0.497. The number of sulfone groups is 1. The quantitative estimate of drug-likeness (QED) is 0.367. The second kappa shape index (κ2) is 11.9. The van der Waals surface area contributed by atoms with Gasteiger partial charge in [0.15, 0.2) is 21.3 Å². The number of halogens is 1. The van der Waals surface area contributed by atoms with Gasteiger partial charge in [-0.1, -0.05) is 16.7 Å². The lowest BCUT2D eigenvalue weighted by molar-refractivity contribution is -0.115. The first-order chi connectivity index (χ1) is 16.8. The van der Waals surface area contributed by atoms with Gasteiger partial charge in [0.05, 0.1) is 30.5 Å². The number of ether oxygens (including phenoxy) is 3. The molecule has 0 unspecified atom stereocenters. The van der Waals surface area contributed by atoms with E-state index in [2.05, 4.69) is 15.5 Å². The van der Waals surface area contributed by atoms with Crippen LogP contribution >= 0.6 is 11.6 Å². The number of nitrogens with zero attached hydrogens (tertiary/aromatic N) is 2. The van der Waals surface area contributed by atoms with Crippen molar-refractivity contribution in [3.8, 4) is 28.7 Å². The van der Waals surface area contributed by atoms with Crippen LogP contribution in [0.1, 0.15) is 27.2 Å². The molecule has 1 heterocycles. The average Bonchev–Trinajstić information content (AvgIpc) is 3.29. The van der Waals surface area contributed by atoms with Crippen LogP contribution in [0.25, 0.3) is 11.5 Å². The fourth-order valence-corrected chi connectivity index (χ4v) is 4.44. The molecule has 2 aromatic carbocycles. The molecule has 0 radical (unpaired) electrons. The molecular formula is C23H26ClN3O7S. The summed E-state index contributed by atoms with van der Waals surface area (Å²) in [7, 11) is -3.66. The van der Waals surface area contributed by atoms with Crippen molar-refractivity contribution >= 4 is 33.4 Å². The van der Waals surface area contributed by atoms with Gasteiger partial charge in [-0.3, -0.25) is 10.1 Å². The maximum atomic E-state index is 12.4. The van der Waals surface area contributed by atoms with Crippen LogP contribution in [0, 0.1) is 0 Å². The van der Waals surface area contributed by atoms with E-state index in [1.807, 2.05) is 20.8 Å². The zero-order chi connectivity index (χ0) is 25.4. The van der Waals surface area contributed by atoms with Gasteiger partial charge in [0.2, 0.25) is 17.5 Å². The Hall–Kier alpha value is -3.31. The van der Waals surface area contributed by atoms with Crippen molar-refractivity contribution in [3.63, 3.8) is 0 Å². The highest BCUT2D eigenvalue weighted by Gasteiger charge is 2.21. The highest BCUT2D eigenvalue weighted by atomic mass is 35.5. The van der Waals surface area contributed by atoms with Crippen molar-refractivity contribution in [1.82, 2.24) is 10.2 Å². The molecule has 0 saturated heterocycles. The first-order valence-corrected chi connectivity index (χ1v) is 13.0. The third-order valence-corrected chi connectivity index (χ3v) is 6.58. The van der Waals surface area contributed by atoms with Crippen LogP contribution in [-0.2, 0) is 14.6 Å². The summed E-state index contributed by atoms with van der Waals surface area (Å²) < 4.78 is 47.5. The zero-order valence-corrected chi connectivity index (χ0v) is 21.1. The fourth-order valence-electron chi connectivity index (χ4n) is 3.07. The predicted octanol–water partition coefficient (Wildman–Crippen LogP) is 4.39. The molecule has 12 heteroatoms. The van der Waals surface area contributed by atoms with Crippen molar-refractivity contribution in [2.75, 3.05) is 30.9 Å². The van der Waals surface area contributed by atoms with Gasteiger partial charge in [-0.25, -0.2) is 8.42 Å². The number of nitrogens with one attached hydrogen (secondary N) is 1. The summed E-state index contributed by atoms with van der Waals surface area (Å²) in [5.41, 5.74) is 0.499. The normalized spacial score (nSPS) is 11.2. The Kier molecular flexibility index (Phi) is 8.94. The molecule has 0 fully saturated rings. The van der Waals surface area contributed by atoms with Gasteiger partial charge in [-0.05, 0) is 57.2 Å². The van der Waals surface area contributed by atoms with E-state index in [4.69, 9.17) is 30.2 Å². The molecule has 0 atom stereocenters. The predicted molar refractivity (Wildman–Crippen MR) is 130 cm³/mol. The lowest BCUT2D eigenvalue weighted by Crippen LogP contribution is -2.17. The number of hydrogen-bond acceptors (Lipinski definition) is 9. The molecule has 3 aromatic rings. The smallest absolute Gasteiger partial charge is 0.322 e. The molecule has 1 N–H and O–H groups in total. The number of aromatic nitrogens is 2. The van der Waals surface area contributed by atoms with Gasteiger partial charge in [0, 0.05) is 17.0 Å². The molecule has 35 heavy (non-hydrogen) atoms. The molecule has 10 nitrogen and oxygen atoms in total. The van der Waals surface area contributed by atoms with Crippen molar-refractivity contribution < 1.29 is 31.8 Å². The molecule has 1 aromatic heterocycles. The van der Waals surface area contributed by atoms with E-state index in [1.165, 1.54) is 24.3 Å². The Morgan fingerprint density at radius 3 is 2.14 bits per heavy atom. The van der Waals surface area contributed by atoms with Crippen LogP contribution in [-0.4, -0.2) is 50.1 Å². The number of amides is 1. The Labute approximate surface area is 208 Å². The number of anilines is 1. The Balaban J connectivity index is 1.72. The molecule has 0 bridgehead atoms. The lowest BCUT2D eigenvalue weighted by Gasteiger charge is -2.16. The molecule has 0 aliphatic carbocycles. The molecule has 0 aliphatic rings. The van der Waals surface area contributed by atoms with Gasteiger partial charge >= 0.3 is 6.01 Å². The van der Waals surface area contributed by atoms with Crippen molar-refractivity contribution in [3.05, 3.63) is 41.4 Å². The van der Waals surface area contributed by atoms with Gasteiger partial charge in [-0.15, -0.1) is 5.10 Å². The third kappa shape index (κ3) is 6.86. The van der Waals surface area contributed by atoms with E-state index in [0.29, 0.717) is 47.7 Å². The Morgan fingerprint density at radius 1 is 0.971 bits per heavy atom. The number of carbonyl (C=O) groups is 1. The van der Waals surface area contributed by atoms with E-state index < -0.39 is 21.5 Å². The third-order valence-electron chi connectivity index (χ3n) is 4.60. The summed E-state index contributed by atoms with van der Waals surface area (Å²) in [6.45, 7) is 6.77. The van der Waals surface area contributed by atoms with Gasteiger partial charge in [-0.2, -0.15) is 0 Å². The SMILES string of the molecule is CCOc1cc(-c2nnc(NC(=O)CCS(=O)(=O)c3ccc(Cl)cc3)o2)cc(OCC)c1OCC. The van der Waals surface area contributed by atoms with E-state index >= 15 is 0 Å². The number of rotatable bonds is 12. The average molecular weight is 524 g/mol. The maximum Gasteiger partial charge on any atom is 0.322 e. The van der Waals surface area contributed by atoms with E-state index in [0.717, 1.165) is 0 Å². The van der Waals surface area contributed by atoms with E-state index in [1.54, 1.807) is 12.1 Å². The van der Waals surface area contributed by atoms with Crippen LogP contribution in [0.4, 0.5) is 6.01 Å². The van der Waals surface area contributed by atoms with Crippen molar-refractivity contribution in [1.29, 1.82) is 0 Å². The Bertz CT molecular complexity index is 1230. The monoisotopic (exact) mass is 523 g/mol. The van der Waals surface area contributed by atoms with Gasteiger partial charge < -0.3 is 18.6 Å². The topological polar surface area (TPSA) is 130 Å². The highest BCUT2D eigenvalue weighted by Crippen LogP contribution is 2.41. The number of carbonyl (C=O) groups excluding carboxylic acids is 1. The molecule has 0 spiro atoms. The van der Waals surface area contributed by atoms with Crippen molar-refractivity contribution in [2.24, 2.45) is 0 Å². The number of benzene rings is 2. The summed E-state index contributed by atoms with van der Waals surface area (Å²) in [4.78, 5) is 12.4. The molecule has 0 aliphatic heterocycles. The maximum absolute atomic E-state index is 12.4. The first-order valence-electron chi connectivity index (χ1n) is 11.0. The minimum Gasteiger partial charge on any atom is -0.490 e. The van der Waals surface area contributed by atoms with E-state index in [9.17, 15) is 13.2 Å². The standard InChI is InChI=1S/C23H26ClN3O7S/c1-4-31-18-13-15(14-19(32-5-2)21(18)33-6-3)22-26-27-23(34-22)25-20(28)11-12-35(29,30)17-9-7-16(24)8-10-17/h7-10,13-14H,4-6,11-12H2,1-3H3,(H,25,27,28). The summed E-state index contributed by atoms with van der Waals surface area (Å²) in [6, 6.07) is 8.92. The van der Waals surface area contributed by atoms with Gasteiger partial charge in [0.25, 0.3) is 0 Å². The number of hydrogen-bond donors (Lipinski definition) is 1. The molecular weight excluding hydrogens is 498 g/mol. The van der Waals surface area contributed by atoms with Crippen LogP contribution in [0.2, 0.25) is 5.02 Å². The highest BCUT2D eigenvalue weighted by molar-refractivity contribution is 7.91. The molecule has 188 valence electrons. The molecule has 0 saturated carbocycles. The van der Waals surface area contributed by atoms with E-state index in [-0.39, 0.29) is 23.2 Å². The first kappa shape index (κ1) is 26.3. The minimum atomic E-state index is -3.66. The van der Waals surface area contributed by atoms with Crippen LogP contribution in [0.15, 0.2) is 45.7 Å². The molecule has 1 amide bonds. The van der Waals surface area contributed by atoms with Crippen molar-refractivity contribution in [2.45, 2.75) is 32.1 Å². The summed E-state index contributed by atoms with van der Waals surface area (Å²) >= 11 is 5.79. The minimum absolute atomic E-state index is 0.0838. The largest absolute Gasteiger partial charge is 0.490 e. The zero-order valence-electron chi connectivity index (χ0n) is 19.5. The summed E-state index contributed by atoms with van der Waals surface area (Å²) in [6.07, 6.45) is -0.297. The van der Waals surface area contributed by atoms with Crippen LogP contribution in [0.5, 0.6) is 17.2 Å². The Morgan fingerprint density at radius 2 is 1.57 bits per heavy atom. The van der Waals surface area contributed by atoms with Crippen LogP contribution in [0.3, 0.4) is 0 Å². The van der Waals surface area contributed by atoms with Gasteiger partial charge in [0.1, 0.15) is 0 Å². The molecule has 3 rings (SSSR count). The second-order valence-corrected chi connectivity index (χ2v) is 9.63. The summed E-state index contributed by atoms with van der Waals surface area (Å²) in [5, 5.41) is 10.6.